The molecule has 1 aromatic heterocycles. The lowest BCUT2D eigenvalue weighted by atomic mass is 9.89. The number of nitrogens with one attached hydrogen (secondary N) is 1. The average molecular weight is 377 g/mol. The molecule has 28 heavy (non-hydrogen) atoms. The fourth-order valence-corrected chi connectivity index (χ4v) is 3.88. The van der Waals surface area contributed by atoms with Crippen LogP contribution in [0.15, 0.2) is 24.5 Å². The maximum absolute atomic E-state index is 12.4. The summed E-state index contributed by atoms with van der Waals surface area (Å²) in [6, 6.07) is 6.81. The zero-order valence-corrected chi connectivity index (χ0v) is 17.0. The highest BCUT2D eigenvalue weighted by Crippen LogP contribution is 2.30. The summed E-state index contributed by atoms with van der Waals surface area (Å²) in [4.78, 5) is 23.0. The summed E-state index contributed by atoms with van der Waals surface area (Å²) in [6.45, 7) is 5.94. The number of rotatable bonds is 4. The van der Waals surface area contributed by atoms with Crippen molar-refractivity contribution in [3.8, 4) is 6.07 Å². The second kappa shape index (κ2) is 8.39. The van der Waals surface area contributed by atoms with E-state index in [-0.39, 0.29) is 11.9 Å². The number of aryl methyl sites for hydroxylation is 1. The molecule has 1 heterocycles. The lowest BCUT2D eigenvalue weighted by molar-refractivity contribution is 0.0920. The third-order valence-electron chi connectivity index (χ3n) is 5.85. The molecular weight excluding hydrogens is 350 g/mol. The maximum Gasteiger partial charge on any atom is 0.271 e. The zero-order valence-electron chi connectivity index (χ0n) is 17.0. The number of carbonyl (C=O) groups excluding carboxylic acids is 1. The van der Waals surface area contributed by atoms with Crippen molar-refractivity contribution in [3.05, 3.63) is 52.6 Å². The van der Waals surface area contributed by atoms with Crippen LogP contribution in [0.5, 0.6) is 0 Å². The van der Waals surface area contributed by atoms with Crippen LogP contribution in [0.25, 0.3) is 0 Å². The van der Waals surface area contributed by atoms with Crippen molar-refractivity contribution in [2.75, 3.05) is 11.9 Å². The van der Waals surface area contributed by atoms with Crippen molar-refractivity contribution < 1.29 is 4.79 Å². The van der Waals surface area contributed by atoms with E-state index in [1.54, 1.807) is 6.20 Å². The Balaban J connectivity index is 1.59. The van der Waals surface area contributed by atoms with Crippen LogP contribution < -0.4 is 10.2 Å². The standard InChI is InChI=1S/C22H27N5O/c1-14-12-25-20(13-24-14)22(28)26-18-6-8-19(9-7-18)27(4)21-10-5-17(11-23)15(2)16(21)3/h5,10,12-13,18-19H,6-9H2,1-4H3,(H,26,28). The molecule has 0 aliphatic heterocycles. The Morgan fingerprint density at radius 3 is 2.43 bits per heavy atom. The predicted molar refractivity (Wildman–Crippen MR) is 109 cm³/mol. The Hall–Kier alpha value is -2.94. The summed E-state index contributed by atoms with van der Waals surface area (Å²) < 4.78 is 0. The molecule has 0 atom stereocenters. The molecular formula is C22H27N5O. The number of carbonyl (C=O) groups is 1. The van der Waals surface area contributed by atoms with Crippen molar-refractivity contribution in [1.82, 2.24) is 15.3 Å². The number of hydrogen-bond acceptors (Lipinski definition) is 5. The van der Waals surface area contributed by atoms with Crippen molar-refractivity contribution >= 4 is 11.6 Å². The van der Waals surface area contributed by atoms with Crippen LogP contribution in [0.1, 0.15) is 58.6 Å². The number of nitriles is 1. The van der Waals surface area contributed by atoms with Gasteiger partial charge in [0.25, 0.3) is 5.91 Å². The minimum absolute atomic E-state index is 0.150. The largest absolute Gasteiger partial charge is 0.371 e. The summed E-state index contributed by atoms with van der Waals surface area (Å²) in [6.07, 6.45) is 7.05. The van der Waals surface area contributed by atoms with Gasteiger partial charge in [-0.3, -0.25) is 9.78 Å². The van der Waals surface area contributed by atoms with Crippen LogP contribution in [0.2, 0.25) is 0 Å². The first-order valence-corrected chi connectivity index (χ1v) is 9.73. The highest BCUT2D eigenvalue weighted by atomic mass is 16.1. The highest BCUT2D eigenvalue weighted by Gasteiger charge is 2.26. The van der Waals surface area contributed by atoms with E-state index in [0.717, 1.165) is 48.1 Å². The molecule has 6 heteroatoms. The second-order valence-corrected chi connectivity index (χ2v) is 7.63. The number of amides is 1. The minimum atomic E-state index is -0.150. The fraction of sp³-hybridized carbons (Fsp3) is 0.455. The number of hydrogen-bond donors (Lipinski definition) is 1. The minimum Gasteiger partial charge on any atom is -0.371 e. The first kappa shape index (κ1) is 19.8. The maximum atomic E-state index is 12.4. The molecule has 2 aromatic rings. The van der Waals surface area contributed by atoms with Crippen molar-refractivity contribution in [3.63, 3.8) is 0 Å². The van der Waals surface area contributed by atoms with Crippen LogP contribution in [-0.4, -0.2) is 35.0 Å². The second-order valence-electron chi connectivity index (χ2n) is 7.63. The topological polar surface area (TPSA) is 81.9 Å². The molecule has 6 nitrogen and oxygen atoms in total. The molecule has 0 spiro atoms. The number of nitrogens with zero attached hydrogens (tertiary/aromatic N) is 4. The Bertz CT molecular complexity index is 892. The van der Waals surface area contributed by atoms with Crippen LogP contribution >= 0.6 is 0 Å². The lowest BCUT2D eigenvalue weighted by Crippen LogP contribution is -2.43. The fourth-order valence-electron chi connectivity index (χ4n) is 3.88. The van der Waals surface area contributed by atoms with Crippen molar-refractivity contribution in [1.29, 1.82) is 5.26 Å². The van der Waals surface area contributed by atoms with Gasteiger partial charge in [0.2, 0.25) is 0 Å². The first-order valence-electron chi connectivity index (χ1n) is 9.73. The Kier molecular flexibility index (Phi) is 5.93. The van der Waals surface area contributed by atoms with Gasteiger partial charge in [0.15, 0.2) is 0 Å². The van der Waals surface area contributed by atoms with Gasteiger partial charge >= 0.3 is 0 Å². The van der Waals surface area contributed by atoms with Crippen molar-refractivity contribution in [2.24, 2.45) is 0 Å². The Labute approximate surface area is 166 Å². The van der Waals surface area contributed by atoms with Gasteiger partial charge < -0.3 is 10.2 Å². The van der Waals surface area contributed by atoms with Gasteiger partial charge in [-0.2, -0.15) is 5.26 Å². The summed E-state index contributed by atoms with van der Waals surface area (Å²) in [5, 5.41) is 12.3. The van der Waals surface area contributed by atoms with Gasteiger partial charge in [-0.05, 0) is 69.7 Å². The van der Waals surface area contributed by atoms with Gasteiger partial charge in [-0.15, -0.1) is 0 Å². The molecule has 1 N–H and O–H groups in total. The number of aromatic nitrogens is 2. The summed E-state index contributed by atoms with van der Waals surface area (Å²) in [7, 11) is 2.12. The van der Waals surface area contributed by atoms with Crippen molar-refractivity contribution in [2.45, 2.75) is 58.5 Å². The van der Waals surface area contributed by atoms with Crippen LogP contribution in [0.4, 0.5) is 5.69 Å². The predicted octanol–water partition coefficient (Wildman–Crippen LogP) is 3.45. The summed E-state index contributed by atoms with van der Waals surface area (Å²) >= 11 is 0. The molecule has 0 unspecified atom stereocenters. The third-order valence-corrected chi connectivity index (χ3v) is 5.85. The zero-order chi connectivity index (χ0) is 20.3. The molecule has 1 aliphatic rings. The van der Waals surface area contributed by atoms with E-state index < -0.39 is 0 Å². The first-order chi connectivity index (χ1) is 13.4. The molecule has 146 valence electrons. The van der Waals surface area contributed by atoms with Gasteiger partial charge in [0.05, 0.1) is 23.5 Å². The highest BCUT2D eigenvalue weighted by molar-refractivity contribution is 5.92. The SMILES string of the molecule is Cc1cnc(C(=O)NC2CCC(N(C)c3ccc(C#N)c(C)c3C)CC2)cn1. The molecule has 1 aliphatic carbocycles. The van der Waals surface area contributed by atoms with E-state index in [9.17, 15) is 10.1 Å². The normalized spacial score (nSPS) is 19.0. The summed E-state index contributed by atoms with van der Waals surface area (Å²) in [5.41, 5.74) is 5.29. The quantitative estimate of drug-likeness (QED) is 0.882. The van der Waals surface area contributed by atoms with Gasteiger partial charge in [-0.25, -0.2) is 4.98 Å². The van der Waals surface area contributed by atoms with E-state index in [2.05, 4.69) is 40.2 Å². The van der Waals surface area contributed by atoms with Crippen LogP contribution in [-0.2, 0) is 0 Å². The Morgan fingerprint density at radius 2 is 1.82 bits per heavy atom. The van der Waals surface area contributed by atoms with E-state index in [4.69, 9.17) is 0 Å². The lowest BCUT2D eigenvalue weighted by Gasteiger charge is -2.37. The monoisotopic (exact) mass is 377 g/mol. The van der Waals surface area contributed by atoms with Crippen LogP contribution in [0.3, 0.4) is 0 Å². The van der Waals surface area contributed by atoms with Crippen LogP contribution in [0, 0.1) is 32.1 Å². The van der Waals surface area contributed by atoms with E-state index in [0.29, 0.717) is 11.7 Å². The average Bonchev–Trinajstić information content (AvgIpc) is 2.70. The van der Waals surface area contributed by atoms with Gasteiger partial charge in [0.1, 0.15) is 5.69 Å². The van der Waals surface area contributed by atoms with E-state index in [1.165, 1.54) is 11.9 Å². The molecule has 0 saturated heterocycles. The molecule has 1 amide bonds. The van der Waals surface area contributed by atoms with E-state index in [1.807, 2.05) is 26.0 Å². The summed E-state index contributed by atoms with van der Waals surface area (Å²) in [5.74, 6) is -0.150. The third kappa shape index (κ3) is 4.14. The molecule has 1 saturated carbocycles. The Morgan fingerprint density at radius 1 is 1.11 bits per heavy atom. The van der Waals surface area contributed by atoms with Gasteiger partial charge in [-0.1, -0.05) is 0 Å². The molecule has 1 fully saturated rings. The number of benzene rings is 1. The molecule has 1 aromatic carbocycles. The van der Waals surface area contributed by atoms with E-state index >= 15 is 0 Å². The smallest absolute Gasteiger partial charge is 0.271 e. The molecule has 0 bridgehead atoms. The molecule has 0 radical (unpaired) electrons. The number of anilines is 1. The van der Waals surface area contributed by atoms with Gasteiger partial charge in [0, 0.05) is 31.0 Å². The molecule has 3 rings (SSSR count).